The molecule has 0 bridgehead atoms. The topological polar surface area (TPSA) is 55.4 Å². The van der Waals surface area contributed by atoms with E-state index in [1.165, 1.54) is 51.4 Å². The van der Waals surface area contributed by atoms with E-state index in [-0.39, 0.29) is 29.1 Å². The number of fused-ring (bicyclic) bond motifs is 5. The summed E-state index contributed by atoms with van der Waals surface area (Å²) in [6, 6.07) is 6.95. The Balaban J connectivity index is 1.21. The predicted octanol–water partition coefficient (Wildman–Crippen LogP) is 9.12. The molecule has 1 N–H and O–H groups in total. The number of hydrogen-bond donors (Lipinski definition) is 2. The zero-order valence-electron chi connectivity index (χ0n) is 26.1. The van der Waals surface area contributed by atoms with E-state index in [1.54, 1.807) is 29.8 Å². The lowest BCUT2D eigenvalue weighted by atomic mass is 9.47. The quantitative estimate of drug-likeness (QED) is 0.174. The van der Waals surface area contributed by atoms with Gasteiger partial charge in [-0.3, -0.25) is 4.79 Å². The van der Waals surface area contributed by atoms with Crippen molar-refractivity contribution in [3.05, 3.63) is 41.5 Å². The van der Waals surface area contributed by atoms with Crippen LogP contribution in [-0.2, 0) is 9.53 Å². The number of esters is 1. The van der Waals surface area contributed by atoms with Crippen molar-refractivity contribution in [2.24, 2.45) is 46.3 Å². The molecule has 5 heteroatoms. The second-order valence-electron chi connectivity index (χ2n) is 14.8. The van der Waals surface area contributed by atoms with Crippen LogP contribution in [0.2, 0.25) is 0 Å². The van der Waals surface area contributed by atoms with Crippen LogP contribution in [0, 0.1) is 46.3 Å². The molecule has 1 amide bonds. The number of rotatable bonds is 9. The van der Waals surface area contributed by atoms with Gasteiger partial charge >= 0.3 is 5.97 Å². The first-order valence-electron chi connectivity index (χ1n) is 16.5. The molecule has 5 rings (SSSR count). The second-order valence-corrected chi connectivity index (χ2v) is 15.2. The minimum Gasteiger partial charge on any atom is -0.458 e. The number of hydrogen-bond acceptors (Lipinski definition) is 4. The number of allylic oxidation sites excluding steroid dienone is 1. The summed E-state index contributed by atoms with van der Waals surface area (Å²) in [6.45, 7) is 12.5. The number of nitrogens with one attached hydrogen (secondary N) is 1. The predicted molar refractivity (Wildman–Crippen MR) is 171 cm³/mol. The van der Waals surface area contributed by atoms with Crippen molar-refractivity contribution < 1.29 is 14.3 Å². The van der Waals surface area contributed by atoms with Crippen LogP contribution >= 0.6 is 12.6 Å². The highest BCUT2D eigenvalue weighted by molar-refractivity contribution is 7.81. The minimum atomic E-state index is -0.270. The summed E-state index contributed by atoms with van der Waals surface area (Å²) >= 11 is 3.99. The largest absolute Gasteiger partial charge is 0.458 e. The molecule has 4 aliphatic carbocycles. The van der Waals surface area contributed by atoms with E-state index < -0.39 is 0 Å². The van der Waals surface area contributed by atoms with Crippen LogP contribution < -0.4 is 5.32 Å². The SMILES string of the molecule is CC(C)CCC[C@@H](C)[C@H]1CC[C@H]2[C@@H]3CC=C4C[C@H](OC(=O)c5ccc(NC(=O)CS)cc5)CC[C@]4(C)[C@H]3CC[C@]12C. The standard InChI is InChI=1S/C36H53NO3S/c1-23(2)7-6-8-24(3)30-15-16-31-29-14-11-26-21-28(17-19-35(26,4)32(29)18-20-36(30,31)5)40-34(39)25-9-12-27(13-10-25)37-33(38)22-41/h9-13,23-24,28-32,41H,6-8,14-22H2,1-5H3,(H,37,38)/t24-,28-,29+,30-,31+,32+,35+,36-/m1/s1. The average Bonchev–Trinajstić information content (AvgIpc) is 3.30. The molecular weight excluding hydrogens is 526 g/mol. The van der Waals surface area contributed by atoms with Crippen LogP contribution in [0.1, 0.15) is 116 Å². The van der Waals surface area contributed by atoms with Gasteiger partial charge in [0.15, 0.2) is 0 Å². The summed E-state index contributed by atoms with van der Waals surface area (Å²) in [6.07, 6.45) is 16.4. The third kappa shape index (κ3) is 6.17. The van der Waals surface area contributed by atoms with Crippen molar-refractivity contribution in [1.29, 1.82) is 0 Å². The van der Waals surface area contributed by atoms with Crippen LogP contribution in [0.5, 0.6) is 0 Å². The lowest BCUT2D eigenvalue weighted by Gasteiger charge is -2.58. The zero-order valence-corrected chi connectivity index (χ0v) is 27.0. The summed E-state index contributed by atoms with van der Waals surface area (Å²) < 4.78 is 6.04. The van der Waals surface area contributed by atoms with Gasteiger partial charge in [-0.2, -0.15) is 12.6 Å². The molecule has 0 spiro atoms. The maximum Gasteiger partial charge on any atom is 0.338 e. The first-order valence-corrected chi connectivity index (χ1v) is 17.1. The van der Waals surface area contributed by atoms with E-state index in [4.69, 9.17) is 4.74 Å². The highest BCUT2D eigenvalue weighted by Crippen LogP contribution is 2.67. The van der Waals surface area contributed by atoms with Crippen LogP contribution in [-0.4, -0.2) is 23.7 Å². The highest BCUT2D eigenvalue weighted by atomic mass is 32.1. The maximum atomic E-state index is 13.0. The van der Waals surface area contributed by atoms with Crippen molar-refractivity contribution in [2.75, 3.05) is 11.1 Å². The Bertz CT molecular complexity index is 1130. The van der Waals surface area contributed by atoms with E-state index in [2.05, 4.69) is 58.6 Å². The first-order chi connectivity index (χ1) is 19.5. The molecule has 0 aliphatic heterocycles. The third-order valence-corrected chi connectivity index (χ3v) is 12.4. The molecule has 0 radical (unpaired) electrons. The molecular formula is C36H53NO3S. The Labute approximate surface area is 254 Å². The van der Waals surface area contributed by atoms with E-state index in [0.717, 1.165) is 54.8 Å². The summed E-state index contributed by atoms with van der Waals surface area (Å²) in [7, 11) is 0. The molecule has 3 fully saturated rings. The Kier molecular flexibility index (Phi) is 9.33. The van der Waals surface area contributed by atoms with Gasteiger partial charge < -0.3 is 10.1 Å². The van der Waals surface area contributed by atoms with Gasteiger partial charge in [-0.25, -0.2) is 4.79 Å². The van der Waals surface area contributed by atoms with Crippen molar-refractivity contribution in [1.82, 2.24) is 0 Å². The number of carbonyl (C=O) groups excluding carboxylic acids is 2. The maximum absolute atomic E-state index is 13.0. The van der Waals surface area contributed by atoms with Crippen molar-refractivity contribution in [3.63, 3.8) is 0 Å². The molecule has 4 aliphatic rings. The highest BCUT2D eigenvalue weighted by Gasteiger charge is 2.59. The van der Waals surface area contributed by atoms with Crippen molar-refractivity contribution in [2.45, 2.75) is 111 Å². The van der Waals surface area contributed by atoms with E-state index >= 15 is 0 Å². The third-order valence-electron chi connectivity index (χ3n) is 12.1. The molecule has 226 valence electrons. The van der Waals surface area contributed by atoms with Gasteiger partial charge in [-0.05, 0) is 116 Å². The Morgan fingerprint density at radius 1 is 1.00 bits per heavy atom. The molecule has 0 aromatic heterocycles. The second kappa shape index (κ2) is 12.5. The smallest absolute Gasteiger partial charge is 0.338 e. The van der Waals surface area contributed by atoms with Crippen LogP contribution in [0.4, 0.5) is 5.69 Å². The van der Waals surface area contributed by atoms with Gasteiger partial charge in [-0.1, -0.05) is 65.5 Å². The van der Waals surface area contributed by atoms with Crippen LogP contribution in [0.25, 0.3) is 0 Å². The summed E-state index contributed by atoms with van der Waals surface area (Å²) in [5.74, 6) is 4.69. The molecule has 8 atom stereocenters. The van der Waals surface area contributed by atoms with Gasteiger partial charge in [-0.15, -0.1) is 0 Å². The molecule has 4 nitrogen and oxygen atoms in total. The number of anilines is 1. The number of amides is 1. The van der Waals surface area contributed by atoms with E-state index in [9.17, 15) is 9.59 Å². The summed E-state index contributed by atoms with van der Waals surface area (Å²) in [4.78, 5) is 24.5. The summed E-state index contributed by atoms with van der Waals surface area (Å²) in [5.41, 5.74) is 3.50. The normalized spacial score (nSPS) is 35.1. The molecule has 1 aromatic rings. The monoisotopic (exact) mass is 579 g/mol. The van der Waals surface area contributed by atoms with Gasteiger partial charge in [0.1, 0.15) is 6.10 Å². The number of ether oxygens (including phenoxy) is 1. The number of thiol groups is 1. The molecule has 1 aromatic carbocycles. The lowest BCUT2D eigenvalue weighted by Crippen LogP contribution is -2.51. The van der Waals surface area contributed by atoms with Crippen molar-refractivity contribution in [3.8, 4) is 0 Å². The lowest BCUT2D eigenvalue weighted by molar-refractivity contribution is -0.113. The number of carbonyl (C=O) groups is 2. The summed E-state index contributed by atoms with van der Waals surface area (Å²) in [5, 5.41) is 2.76. The van der Waals surface area contributed by atoms with Crippen LogP contribution in [0.15, 0.2) is 35.9 Å². The Hall–Kier alpha value is -1.75. The first kappa shape index (κ1) is 30.7. The Morgan fingerprint density at radius 3 is 2.46 bits per heavy atom. The van der Waals surface area contributed by atoms with Gasteiger partial charge in [0.25, 0.3) is 0 Å². The average molecular weight is 580 g/mol. The van der Waals surface area contributed by atoms with Gasteiger partial charge in [0.2, 0.25) is 5.91 Å². The zero-order chi connectivity index (χ0) is 29.4. The molecule has 3 saturated carbocycles. The molecule has 0 heterocycles. The fourth-order valence-electron chi connectivity index (χ4n) is 9.86. The number of benzene rings is 1. The fraction of sp³-hybridized carbons (Fsp3) is 0.722. The fourth-order valence-corrected chi connectivity index (χ4v) is 9.94. The van der Waals surface area contributed by atoms with Gasteiger partial charge in [0, 0.05) is 12.1 Å². The molecule has 41 heavy (non-hydrogen) atoms. The Morgan fingerprint density at radius 2 is 1.76 bits per heavy atom. The van der Waals surface area contributed by atoms with Gasteiger partial charge in [0.05, 0.1) is 11.3 Å². The van der Waals surface area contributed by atoms with Crippen molar-refractivity contribution >= 4 is 30.2 Å². The van der Waals surface area contributed by atoms with Crippen LogP contribution in [0.3, 0.4) is 0 Å². The van der Waals surface area contributed by atoms with E-state index in [0.29, 0.717) is 16.7 Å². The molecule has 0 saturated heterocycles. The van der Waals surface area contributed by atoms with E-state index in [1.807, 2.05) is 0 Å². The minimum absolute atomic E-state index is 0.0571. The molecule has 0 unspecified atom stereocenters.